The Kier molecular flexibility index (Phi) is 3.84. The van der Waals surface area contributed by atoms with Gasteiger partial charge in [-0.2, -0.15) is 0 Å². The molecule has 0 spiro atoms. The number of likely N-dealkylation sites (N-methyl/N-ethyl adjacent to an activating group) is 1. The van der Waals surface area contributed by atoms with E-state index in [1.54, 1.807) is 0 Å². The lowest BCUT2D eigenvalue weighted by atomic mass is 9.98. The fourth-order valence-electron chi connectivity index (χ4n) is 2.93. The van der Waals surface area contributed by atoms with Gasteiger partial charge in [0.1, 0.15) is 11.9 Å². The Hall–Kier alpha value is -2.00. The molecule has 1 unspecified atom stereocenters. The van der Waals surface area contributed by atoms with Crippen LogP contribution < -0.4 is 9.64 Å². The standard InChI is InChI=1S/C18H21NO2/c1-3-21-17-7-5-4-6-15(17)18(20)14-8-9-16-13(12-14)10-11-19(16)2/h4-9,12,18,20H,3,10-11H2,1-2H3. The minimum atomic E-state index is -0.649. The van der Waals surface area contributed by atoms with Crippen molar-refractivity contribution in [3.63, 3.8) is 0 Å². The molecule has 1 atom stereocenters. The van der Waals surface area contributed by atoms with Crippen molar-refractivity contribution in [3.8, 4) is 5.75 Å². The number of rotatable bonds is 4. The minimum Gasteiger partial charge on any atom is -0.493 e. The predicted octanol–water partition coefficient (Wildman–Crippen LogP) is 3.16. The number of para-hydroxylation sites is 1. The van der Waals surface area contributed by atoms with Crippen molar-refractivity contribution in [1.82, 2.24) is 0 Å². The van der Waals surface area contributed by atoms with Gasteiger partial charge in [0.25, 0.3) is 0 Å². The first-order valence-corrected chi connectivity index (χ1v) is 7.44. The quantitative estimate of drug-likeness (QED) is 0.935. The molecule has 0 aliphatic carbocycles. The van der Waals surface area contributed by atoms with Crippen LogP contribution >= 0.6 is 0 Å². The number of anilines is 1. The molecule has 21 heavy (non-hydrogen) atoms. The van der Waals surface area contributed by atoms with Crippen LogP contribution in [0.5, 0.6) is 5.75 Å². The molecule has 0 saturated heterocycles. The average Bonchev–Trinajstić information content (AvgIpc) is 2.88. The van der Waals surface area contributed by atoms with Gasteiger partial charge >= 0.3 is 0 Å². The maximum atomic E-state index is 10.7. The Morgan fingerprint density at radius 1 is 1.24 bits per heavy atom. The fraction of sp³-hybridized carbons (Fsp3) is 0.333. The number of benzene rings is 2. The van der Waals surface area contributed by atoms with Crippen molar-refractivity contribution in [2.24, 2.45) is 0 Å². The van der Waals surface area contributed by atoms with E-state index in [0.717, 1.165) is 29.8 Å². The van der Waals surface area contributed by atoms with Crippen LogP contribution in [0.15, 0.2) is 42.5 Å². The molecular formula is C18H21NO2. The van der Waals surface area contributed by atoms with Gasteiger partial charge in [-0.3, -0.25) is 0 Å². The van der Waals surface area contributed by atoms with Crippen LogP contribution in [0.25, 0.3) is 0 Å². The summed E-state index contributed by atoms with van der Waals surface area (Å²) in [7, 11) is 2.10. The average molecular weight is 283 g/mol. The molecule has 0 radical (unpaired) electrons. The molecule has 3 rings (SSSR count). The number of aliphatic hydroxyl groups is 1. The molecule has 0 amide bonds. The predicted molar refractivity (Wildman–Crippen MR) is 85.1 cm³/mol. The monoisotopic (exact) mass is 283 g/mol. The van der Waals surface area contributed by atoms with Gasteiger partial charge in [-0.1, -0.05) is 30.3 Å². The van der Waals surface area contributed by atoms with Crippen LogP contribution in [-0.4, -0.2) is 25.3 Å². The topological polar surface area (TPSA) is 32.7 Å². The maximum Gasteiger partial charge on any atom is 0.125 e. The third-order valence-electron chi connectivity index (χ3n) is 4.06. The van der Waals surface area contributed by atoms with E-state index in [0.29, 0.717) is 6.61 Å². The lowest BCUT2D eigenvalue weighted by Crippen LogP contribution is -2.12. The Morgan fingerprint density at radius 2 is 2.05 bits per heavy atom. The highest BCUT2D eigenvalue weighted by Crippen LogP contribution is 2.34. The molecule has 3 nitrogen and oxygen atoms in total. The fourth-order valence-corrected chi connectivity index (χ4v) is 2.93. The number of ether oxygens (including phenoxy) is 1. The summed E-state index contributed by atoms with van der Waals surface area (Å²) >= 11 is 0. The second kappa shape index (κ2) is 5.78. The number of nitrogens with zero attached hydrogens (tertiary/aromatic N) is 1. The third-order valence-corrected chi connectivity index (χ3v) is 4.06. The van der Waals surface area contributed by atoms with Gasteiger partial charge in [0.2, 0.25) is 0 Å². The Morgan fingerprint density at radius 3 is 2.86 bits per heavy atom. The zero-order valence-electron chi connectivity index (χ0n) is 12.5. The number of hydrogen-bond acceptors (Lipinski definition) is 3. The minimum absolute atomic E-state index is 0.596. The highest BCUT2D eigenvalue weighted by Gasteiger charge is 2.20. The first-order chi connectivity index (χ1) is 10.2. The Bertz CT molecular complexity index is 639. The van der Waals surface area contributed by atoms with Crippen LogP contribution in [0, 0.1) is 0 Å². The zero-order valence-corrected chi connectivity index (χ0v) is 12.5. The lowest BCUT2D eigenvalue weighted by molar-refractivity contribution is 0.212. The van der Waals surface area contributed by atoms with Gasteiger partial charge in [0.15, 0.2) is 0 Å². The van der Waals surface area contributed by atoms with Crippen LogP contribution in [0.3, 0.4) is 0 Å². The summed E-state index contributed by atoms with van der Waals surface area (Å²) in [5.74, 6) is 0.755. The van der Waals surface area contributed by atoms with Gasteiger partial charge in [0, 0.05) is 24.8 Å². The van der Waals surface area contributed by atoms with Crippen molar-refractivity contribution in [3.05, 3.63) is 59.2 Å². The molecule has 0 fully saturated rings. The van der Waals surface area contributed by atoms with E-state index in [9.17, 15) is 5.11 Å². The molecule has 1 N–H and O–H groups in total. The van der Waals surface area contributed by atoms with E-state index < -0.39 is 6.10 Å². The van der Waals surface area contributed by atoms with Crippen molar-refractivity contribution >= 4 is 5.69 Å². The smallest absolute Gasteiger partial charge is 0.125 e. The van der Waals surface area contributed by atoms with Gasteiger partial charge in [-0.05, 0) is 36.6 Å². The number of aliphatic hydroxyl groups excluding tert-OH is 1. The zero-order chi connectivity index (χ0) is 14.8. The Balaban J connectivity index is 1.94. The van der Waals surface area contributed by atoms with Crippen LogP contribution in [0.1, 0.15) is 29.7 Å². The largest absolute Gasteiger partial charge is 0.493 e. The van der Waals surface area contributed by atoms with Crippen molar-refractivity contribution in [1.29, 1.82) is 0 Å². The normalized spacial score (nSPS) is 14.9. The van der Waals surface area contributed by atoms with Gasteiger partial charge < -0.3 is 14.7 Å². The van der Waals surface area contributed by atoms with Crippen LogP contribution in [0.4, 0.5) is 5.69 Å². The molecule has 110 valence electrons. The van der Waals surface area contributed by atoms with E-state index >= 15 is 0 Å². The molecule has 1 aliphatic rings. The maximum absolute atomic E-state index is 10.7. The van der Waals surface area contributed by atoms with Gasteiger partial charge in [-0.25, -0.2) is 0 Å². The molecule has 1 heterocycles. The van der Waals surface area contributed by atoms with E-state index in [1.807, 2.05) is 37.3 Å². The third kappa shape index (κ3) is 2.61. The van der Waals surface area contributed by atoms with Crippen molar-refractivity contribution < 1.29 is 9.84 Å². The second-order valence-corrected chi connectivity index (χ2v) is 5.43. The SMILES string of the molecule is CCOc1ccccc1C(O)c1ccc2c(c1)CCN2C. The van der Waals surface area contributed by atoms with E-state index in [2.05, 4.69) is 24.1 Å². The molecule has 0 saturated carbocycles. The molecule has 0 bridgehead atoms. The van der Waals surface area contributed by atoms with E-state index in [4.69, 9.17) is 4.74 Å². The van der Waals surface area contributed by atoms with E-state index in [1.165, 1.54) is 11.3 Å². The van der Waals surface area contributed by atoms with Crippen molar-refractivity contribution in [2.45, 2.75) is 19.4 Å². The highest BCUT2D eigenvalue weighted by molar-refractivity contribution is 5.59. The number of fused-ring (bicyclic) bond motifs is 1. The van der Waals surface area contributed by atoms with Crippen LogP contribution in [0.2, 0.25) is 0 Å². The molecule has 2 aromatic rings. The first kappa shape index (κ1) is 14.0. The summed E-state index contributed by atoms with van der Waals surface area (Å²) in [5, 5.41) is 10.7. The Labute approximate surface area is 125 Å². The first-order valence-electron chi connectivity index (χ1n) is 7.44. The van der Waals surface area contributed by atoms with Crippen LogP contribution in [-0.2, 0) is 6.42 Å². The summed E-state index contributed by atoms with van der Waals surface area (Å²) in [6, 6.07) is 13.9. The molecule has 0 aromatic heterocycles. The van der Waals surface area contributed by atoms with Gasteiger partial charge in [0.05, 0.1) is 6.61 Å². The summed E-state index contributed by atoms with van der Waals surface area (Å²) in [6.07, 6.45) is 0.392. The van der Waals surface area contributed by atoms with Gasteiger partial charge in [-0.15, -0.1) is 0 Å². The summed E-state index contributed by atoms with van der Waals surface area (Å²) in [4.78, 5) is 2.25. The summed E-state index contributed by atoms with van der Waals surface area (Å²) in [6.45, 7) is 3.59. The van der Waals surface area contributed by atoms with Crippen molar-refractivity contribution in [2.75, 3.05) is 25.1 Å². The molecule has 1 aliphatic heterocycles. The summed E-state index contributed by atoms with van der Waals surface area (Å²) in [5.41, 5.74) is 4.33. The summed E-state index contributed by atoms with van der Waals surface area (Å²) < 4.78 is 5.62. The lowest BCUT2D eigenvalue weighted by Gasteiger charge is -2.17. The highest BCUT2D eigenvalue weighted by atomic mass is 16.5. The number of hydrogen-bond donors (Lipinski definition) is 1. The molecule has 3 heteroatoms. The van der Waals surface area contributed by atoms with E-state index in [-0.39, 0.29) is 0 Å². The second-order valence-electron chi connectivity index (χ2n) is 5.43. The molecule has 2 aromatic carbocycles. The molecular weight excluding hydrogens is 262 g/mol.